The van der Waals surface area contributed by atoms with E-state index in [2.05, 4.69) is 0 Å². The van der Waals surface area contributed by atoms with Crippen LogP contribution in [-0.2, 0) is 14.8 Å². The number of nitrogens with zero attached hydrogens (tertiary/aromatic N) is 1. The summed E-state index contributed by atoms with van der Waals surface area (Å²) < 4.78 is 28.9. The van der Waals surface area contributed by atoms with Crippen LogP contribution in [0.1, 0.15) is 34.3 Å². The number of sulfonamides is 1. The van der Waals surface area contributed by atoms with Gasteiger partial charge in [-0.15, -0.1) is 0 Å². The summed E-state index contributed by atoms with van der Waals surface area (Å²) in [5, 5.41) is 5.27. The summed E-state index contributed by atoms with van der Waals surface area (Å²) in [6.07, 6.45) is 1.87. The lowest BCUT2D eigenvalue weighted by molar-refractivity contribution is -0.0117. The number of hydrogen-bond donors (Lipinski definition) is 1. The number of primary sulfonamides is 1. The van der Waals surface area contributed by atoms with E-state index < -0.39 is 10.0 Å². The van der Waals surface area contributed by atoms with Gasteiger partial charge in [0.25, 0.3) is 5.91 Å². The summed E-state index contributed by atoms with van der Waals surface area (Å²) in [4.78, 5) is 14.7. The quantitative estimate of drug-likeness (QED) is 0.877. The monoisotopic (exact) mass is 324 g/mol. The Bertz CT molecular complexity index is 738. The number of nitrogens with two attached hydrogens (primary N) is 1. The van der Waals surface area contributed by atoms with Crippen molar-refractivity contribution >= 4 is 15.9 Å². The molecular formula is C15H20N2O4S. The van der Waals surface area contributed by atoms with Crippen molar-refractivity contribution in [3.05, 3.63) is 28.8 Å². The maximum atomic E-state index is 12.8. The third kappa shape index (κ3) is 2.53. The van der Waals surface area contributed by atoms with Gasteiger partial charge < -0.3 is 9.64 Å². The molecule has 2 N–H and O–H groups in total. The maximum absolute atomic E-state index is 12.8. The van der Waals surface area contributed by atoms with Gasteiger partial charge in [0.2, 0.25) is 10.0 Å². The van der Waals surface area contributed by atoms with Gasteiger partial charge in [0, 0.05) is 12.1 Å². The number of aryl methyl sites for hydroxylation is 1. The van der Waals surface area contributed by atoms with E-state index in [1.807, 2.05) is 4.90 Å². The molecule has 2 aliphatic rings. The molecule has 1 amide bonds. The summed E-state index contributed by atoms with van der Waals surface area (Å²) in [5.74, 6) is -0.145. The molecule has 7 heteroatoms. The summed E-state index contributed by atoms with van der Waals surface area (Å²) in [5.41, 5.74) is 1.52. The lowest BCUT2D eigenvalue weighted by Gasteiger charge is -2.36. The van der Waals surface area contributed by atoms with Gasteiger partial charge in [-0.2, -0.15) is 0 Å². The van der Waals surface area contributed by atoms with Crippen LogP contribution >= 0.6 is 0 Å². The van der Waals surface area contributed by atoms with Crippen molar-refractivity contribution < 1.29 is 17.9 Å². The van der Waals surface area contributed by atoms with Gasteiger partial charge in [0.1, 0.15) is 0 Å². The molecule has 0 atom stereocenters. The van der Waals surface area contributed by atoms with Crippen molar-refractivity contribution in [1.29, 1.82) is 0 Å². The van der Waals surface area contributed by atoms with Crippen molar-refractivity contribution in [2.24, 2.45) is 5.14 Å². The number of morpholine rings is 1. The first kappa shape index (κ1) is 15.5. The average Bonchev–Trinajstić information content (AvgIpc) is 3.20. The Morgan fingerprint density at radius 1 is 1.32 bits per heavy atom. The molecule has 0 radical (unpaired) electrons. The first-order chi connectivity index (χ1) is 10.2. The molecule has 1 spiro atoms. The van der Waals surface area contributed by atoms with Crippen LogP contribution in [0.4, 0.5) is 0 Å². The molecule has 0 bridgehead atoms. The van der Waals surface area contributed by atoms with Crippen LogP contribution in [0.25, 0.3) is 0 Å². The van der Waals surface area contributed by atoms with Crippen LogP contribution in [-0.4, -0.2) is 44.5 Å². The standard InChI is InChI=1S/C15H20N2O4S/c1-10-7-12(8-13(11(10)2)22(16,19)20)14(18)17-5-6-21-9-15(17)3-4-15/h7-8H,3-6,9H2,1-2H3,(H2,16,19,20). The summed E-state index contributed by atoms with van der Waals surface area (Å²) >= 11 is 0. The van der Waals surface area contributed by atoms with E-state index in [1.165, 1.54) is 6.07 Å². The fraction of sp³-hybridized carbons (Fsp3) is 0.533. The average molecular weight is 324 g/mol. The third-order valence-corrected chi connectivity index (χ3v) is 5.69. The third-order valence-electron chi connectivity index (χ3n) is 4.65. The number of amides is 1. The molecule has 1 aromatic rings. The molecule has 22 heavy (non-hydrogen) atoms. The van der Waals surface area contributed by atoms with Gasteiger partial charge in [-0.05, 0) is 49.9 Å². The molecule has 1 saturated heterocycles. The second-order valence-corrected chi connectivity index (χ2v) is 7.72. The SMILES string of the molecule is Cc1cc(C(=O)N2CCOCC23CC3)cc(S(N)(=O)=O)c1C. The van der Waals surface area contributed by atoms with E-state index in [1.54, 1.807) is 19.9 Å². The lowest BCUT2D eigenvalue weighted by atomic mass is 10.0. The van der Waals surface area contributed by atoms with E-state index in [0.29, 0.717) is 30.9 Å². The number of ether oxygens (including phenoxy) is 1. The van der Waals surface area contributed by atoms with E-state index in [9.17, 15) is 13.2 Å². The zero-order valence-electron chi connectivity index (χ0n) is 12.8. The zero-order valence-corrected chi connectivity index (χ0v) is 13.6. The van der Waals surface area contributed by atoms with Crippen LogP contribution in [0.5, 0.6) is 0 Å². The summed E-state index contributed by atoms with van der Waals surface area (Å²) in [6.45, 7) is 5.09. The van der Waals surface area contributed by atoms with Crippen molar-refractivity contribution in [3.63, 3.8) is 0 Å². The van der Waals surface area contributed by atoms with Gasteiger partial charge in [0.05, 0.1) is 23.6 Å². The van der Waals surface area contributed by atoms with E-state index in [0.717, 1.165) is 18.4 Å². The van der Waals surface area contributed by atoms with Crippen molar-refractivity contribution in [3.8, 4) is 0 Å². The lowest BCUT2D eigenvalue weighted by Crippen LogP contribution is -2.50. The smallest absolute Gasteiger partial charge is 0.254 e. The molecule has 120 valence electrons. The minimum Gasteiger partial charge on any atom is -0.377 e. The van der Waals surface area contributed by atoms with Gasteiger partial charge >= 0.3 is 0 Å². The Morgan fingerprint density at radius 3 is 2.59 bits per heavy atom. The molecule has 1 aliphatic carbocycles. The molecule has 1 heterocycles. The highest BCUT2D eigenvalue weighted by Crippen LogP contribution is 2.44. The molecule has 1 aromatic carbocycles. The Hall–Kier alpha value is -1.44. The first-order valence-electron chi connectivity index (χ1n) is 7.28. The molecule has 1 aliphatic heterocycles. The van der Waals surface area contributed by atoms with Gasteiger partial charge in [0.15, 0.2) is 0 Å². The second-order valence-electron chi connectivity index (χ2n) is 6.20. The number of carbonyl (C=O) groups excluding carboxylic acids is 1. The Kier molecular flexibility index (Phi) is 3.54. The van der Waals surface area contributed by atoms with Crippen molar-refractivity contribution in [2.45, 2.75) is 37.1 Å². The Balaban J connectivity index is 2.01. The van der Waals surface area contributed by atoms with Crippen LogP contribution in [0, 0.1) is 13.8 Å². The first-order valence-corrected chi connectivity index (χ1v) is 8.83. The topological polar surface area (TPSA) is 89.7 Å². The Morgan fingerprint density at radius 2 is 2.00 bits per heavy atom. The zero-order chi connectivity index (χ0) is 16.1. The van der Waals surface area contributed by atoms with Crippen LogP contribution in [0.2, 0.25) is 0 Å². The molecule has 0 unspecified atom stereocenters. The molecule has 2 fully saturated rings. The van der Waals surface area contributed by atoms with Gasteiger partial charge in [-0.3, -0.25) is 4.79 Å². The van der Waals surface area contributed by atoms with E-state index in [-0.39, 0.29) is 16.3 Å². The van der Waals surface area contributed by atoms with Gasteiger partial charge in [-0.25, -0.2) is 13.6 Å². The summed E-state index contributed by atoms with van der Waals surface area (Å²) in [7, 11) is -3.85. The normalized spacial score (nSPS) is 20.2. The fourth-order valence-corrected chi connectivity index (χ4v) is 3.89. The number of hydrogen-bond acceptors (Lipinski definition) is 4. The molecule has 3 rings (SSSR count). The minimum atomic E-state index is -3.85. The highest BCUT2D eigenvalue weighted by Gasteiger charge is 2.52. The van der Waals surface area contributed by atoms with Crippen LogP contribution < -0.4 is 5.14 Å². The molecule has 1 saturated carbocycles. The van der Waals surface area contributed by atoms with E-state index >= 15 is 0 Å². The predicted molar refractivity (Wildman–Crippen MR) is 81.1 cm³/mol. The largest absolute Gasteiger partial charge is 0.377 e. The Labute approximate surface area is 130 Å². The number of benzene rings is 1. The minimum absolute atomic E-state index is 0.0222. The van der Waals surface area contributed by atoms with Crippen LogP contribution in [0.3, 0.4) is 0 Å². The maximum Gasteiger partial charge on any atom is 0.254 e. The summed E-state index contributed by atoms with van der Waals surface area (Å²) in [6, 6.07) is 3.13. The fourth-order valence-electron chi connectivity index (χ4n) is 3.01. The molecule has 6 nitrogen and oxygen atoms in total. The molecule has 0 aromatic heterocycles. The van der Waals surface area contributed by atoms with Crippen LogP contribution in [0.15, 0.2) is 17.0 Å². The highest BCUT2D eigenvalue weighted by atomic mass is 32.2. The predicted octanol–water partition coefficient (Wildman–Crippen LogP) is 0.956. The molecular weight excluding hydrogens is 304 g/mol. The van der Waals surface area contributed by atoms with Crippen molar-refractivity contribution in [2.75, 3.05) is 19.8 Å². The van der Waals surface area contributed by atoms with E-state index in [4.69, 9.17) is 9.88 Å². The second kappa shape index (κ2) is 5.04. The highest BCUT2D eigenvalue weighted by molar-refractivity contribution is 7.89. The van der Waals surface area contributed by atoms with Gasteiger partial charge in [-0.1, -0.05) is 0 Å². The number of carbonyl (C=O) groups is 1. The number of rotatable bonds is 2. The van der Waals surface area contributed by atoms with Crippen molar-refractivity contribution in [1.82, 2.24) is 4.90 Å².